The Bertz CT molecular complexity index is 2270. The minimum atomic E-state index is -2.09. The number of phenols is 3. The smallest absolute Gasteiger partial charge is 0.338 e. The van der Waals surface area contributed by atoms with Crippen molar-refractivity contribution in [3.63, 3.8) is 0 Å². The van der Waals surface area contributed by atoms with Crippen LogP contribution in [0.5, 0.6) is 28.7 Å². The molecule has 22 heteroatoms. The third-order valence-corrected chi connectivity index (χ3v) is 10.6. The number of rotatable bonds is 11. The molecular formula is C40H44O22. The summed E-state index contributed by atoms with van der Waals surface area (Å²) in [6.07, 6.45) is -26.5. The first-order chi connectivity index (χ1) is 29.5. The van der Waals surface area contributed by atoms with Crippen molar-refractivity contribution in [3.8, 4) is 40.1 Å². The number of carbonyl (C=O) groups is 1. The topological polar surface area (TPSA) is 355 Å². The number of hydrogen-bond acceptors (Lipinski definition) is 22. The fraction of sp³-hybridized carbons (Fsp3) is 0.450. The van der Waals surface area contributed by atoms with Gasteiger partial charge >= 0.3 is 5.97 Å². The van der Waals surface area contributed by atoms with E-state index in [0.717, 1.165) is 24.3 Å². The number of hydrogen-bond donors (Lipinski definition) is 12. The zero-order valence-electron chi connectivity index (χ0n) is 32.3. The van der Waals surface area contributed by atoms with E-state index in [2.05, 4.69) is 0 Å². The summed E-state index contributed by atoms with van der Waals surface area (Å²) in [5.41, 5.74) is -1.69. The van der Waals surface area contributed by atoms with Crippen molar-refractivity contribution in [3.05, 3.63) is 76.5 Å². The molecule has 3 fully saturated rings. The highest BCUT2D eigenvalue weighted by Crippen LogP contribution is 2.41. The summed E-state index contributed by atoms with van der Waals surface area (Å²) in [6, 6.07) is 12.7. The number of aromatic hydroxyl groups is 3. The van der Waals surface area contributed by atoms with Gasteiger partial charge in [0.15, 0.2) is 35.8 Å². The van der Waals surface area contributed by atoms with Crippen molar-refractivity contribution in [2.45, 2.75) is 99.0 Å². The second kappa shape index (κ2) is 18.3. The van der Waals surface area contributed by atoms with Crippen molar-refractivity contribution < 1.29 is 104 Å². The van der Waals surface area contributed by atoms with Crippen LogP contribution in [0.4, 0.5) is 0 Å². The first-order valence-electron chi connectivity index (χ1n) is 19.1. The van der Waals surface area contributed by atoms with Gasteiger partial charge < -0.3 is 98.9 Å². The molecule has 62 heavy (non-hydrogen) atoms. The molecule has 3 saturated heterocycles. The van der Waals surface area contributed by atoms with Crippen LogP contribution in [0, 0.1) is 0 Å². The van der Waals surface area contributed by atoms with E-state index in [4.69, 9.17) is 37.6 Å². The van der Waals surface area contributed by atoms with Crippen molar-refractivity contribution in [2.75, 3.05) is 13.2 Å². The lowest BCUT2D eigenvalue weighted by Crippen LogP contribution is -2.65. The largest absolute Gasteiger partial charge is 0.507 e. The summed E-state index contributed by atoms with van der Waals surface area (Å²) in [4.78, 5) is 27.4. The van der Waals surface area contributed by atoms with E-state index in [0.29, 0.717) is 0 Å². The Kier molecular flexibility index (Phi) is 13.2. The van der Waals surface area contributed by atoms with Gasteiger partial charge in [0, 0.05) is 17.7 Å². The zero-order valence-corrected chi connectivity index (χ0v) is 32.3. The standard InChI is InChI=1S/C40H44O22/c1-14-25(46)29(50)31(52)38(55-14)56-17-10-20(45)24-21(11-17)57-33(16-7-8-18(43)19(44)9-16)35(28(24)49)61-40-36(30(51)26(47)22(12-41)59-40)62-39-32(53)34(27(48)23(13-42)58-39)60-37(54)15-5-3-2-4-6-15/h2-11,14,22-23,25-27,29-32,34,36,38-48,50-53H,12-13H2,1H3/t14-,22+,23-,25-,26+,27+,29-,30-,31-,32+,34-,36+,38+,39-,40-/m0/s1. The SMILES string of the molecule is C[C@@H]1O[C@H](Oc2cc(O)c3c(=O)c(O[C@@H]4O[C@H](CO)[C@@H](O)[C@H](O)[C@H]4O[C@@H]4O[C@@H](CO)[C@@H](O)[C@H](OC(=O)c5ccccc5)[C@H]4O)c(-c4ccc(O)c(O)c4)oc3c2)[C@@H](O)[C@@H](O)[C@H]1O. The Morgan fingerprint density at radius 2 is 1.32 bits per heavy atom. The van der Waals surface area contributed by atoms with E-state index in [1.807, 2.05) is 0 Å². The van der Waals surface area contributed by atoms with Crippen molar-refractivity contribution in [2.24, 2.45) is 0 Å². The zero-order chi connectivity index (χ0) is 44.7. The monoisotopic (exact) mass is 876 g/mol. The van der Waals surface area contributed by atoms with Crippen LogP contribution >= 0.6 is 0 Å². The third-order valence-electron chi connectivity index (χ3n) is 10.6. The number of carbonyl (C=O) groups excluding carboxylic acids is 1. The fourth-order valence-corrected chi connectivity index (χ4v) is 7.17. The second-order valence-corrected chi connectivity index (χ2v) is 14.8. The highest BCUT2D eigenvalue weighted by Gasteiger charge is 2.53. The molecule has 22 nitrogen and oxygen atoms in total. The minimum absolute atomic E-state index is 0.0353. The molecule has 336 valence electrons. The first kappa shape index (κ1) is 44.9. The maximum Gasteiger partial charge on any atom is 0.338 e. The lowest BCUT2D eigenvalue weighted by Gasteiger charge is -2.46. The van der Waals surface area contributed by atoms with Crippen LogP contribution in [0.3, 0.4) is 0 Å². The maximum absolute atomic E-state index is 14.4. The van der Waals surface area contributed by atoms with Crippen molar-refractivity contribution in [1.82, 2.24) is 0 Å². The van der Waals surface area contributed by atoms with E-state index >= 15 is 0 Å². The summed E-state index contributed by atoms with van der Waals surface area (Å²) >= 11 is 0. The highest BCUT2D eigenvalue weighted by molar-refractivity contribution is 5.90. The molecule has 1 aromatic heterocycles. The molecule has 0 saturated carbocycles. The summed E-state index contributed by atoms with van der Waals surface area (Å²) in [6.45, 7) is -0.433. The van der Waals surface area contributed by atoms with Crippen molar-refractivity contribution in [1.29, 1.82) is 0 Å². The number of phenolic OH excluding ortho intramolecular Hbond substituents is 3. The molecule has 3 aliphatic heterocycles. The van der Waals surface area contributed by atoms with Crippen LogP contribution in [-0.4, -0.2) is 173 Å². The summed E-state index contributed by atoms with van der Waals surface area (Å²) in [5.74, 6) is -4.72. The van der Waals surface area contributed by atoms with E-state index in [1.165, 1.54) is 37.3 Å². The Labute approximate surface area is 349 Å². The normalized spacial score (nSPS) is 33.8. The number of aliphatic hydroxyl groups is 9. The average molecular weight is 877 g/mol. The number of ether oxygens (including phenoxy) is 7. The Hall–Kier alpha value is -5.18. The Balaban J connectivity index is 1.26. The molecule has 0 unspecified atom stereocenters. The molecule has 7 rings (SSSR count). The van der Waals surface area contributed by atoms with E-state index in [9.17, 15) is 70.9 Å². The average Bonchev–Trinajstić information content (AvgIpc) is 3.25. The number of esters is 1. The van der Waals surface area contributed by atoms with Gasteiger partial charge in [0.2, 0.25) is 23.8 Å². The summed E-state index contributed by atoms with van der Waals surface area (Å²) in [7, 11) is 0. The van der Waals surface area contributed by atoms with Gasteiger partial charge in [-0.3, -0.25) is 4.79 Å². The van der Waals surface area contributed by atoms with E-state index in [-0.39, 0.29) is 16.9 Å². The number of benzene rings is 3. The molecule has 4 aromatic rings. The minimum Gasteiger partial charge on any atom is -0.507 e. The number of fused-ring (bicyclic) bond motifs is 1. The van der Waals surface area contributed by atoms with Gasteiger partial charge in [-0.25, -0.2) is 4.79 Å². The maximum atomic E-state index is 14.4. The van der Waals surface area contributed by atoms with Crippen LogP contribution < -0.4 is 14.9 Å². The predicted molar refractivity (Wildman–Crippen MR) is 203 cm³/mol. The second-order valence-electron chi connectivity index (χ2n) is 14.8. The number of aliphatic hydroxyl groups excluding tert-OH is 9. The van der Waals surface area contributed by atoms with Gasteiger partial charge in [-0.15, -0.1) is 0 Å². The molecule has 0 bridgehead atoms. The molecule has 4 heterocycles. The van der Waals surface area contributed by atoms with Crippen molar-refractivity contribution >= 4 is 16.9 Å². The van der Waals surface area contributed by atoms with Crippen LogP contribution in [0.25, 0.3) is 22.3 Å². The van der Waals surface area contributed by atoms with Crippen LogP contribution in [0.1, 0.15) is 17.3 Å². The fourth-order valence-electron chi connectivity index (χ4n) is 7.17. The molecule has 0 spiro atoms. The molecule has 3 aromatic carbocycles. The lowest BCUT2D eigenvalue weighted by atomic mass is 9.97. The molecular weight excluding hydrogens is 832 g/mol. The molecule has 0 aliphatic carbocycles. The highest BCUT2D eigenvalue weighted by atomic mass is 16.8. The predicted octanol–water partition coefficient (Wildman–Crippen LogP) is -2.35. The molecule has 0 amide bonds. The molecule has 15 atom stereocenters. The first-order valence-corrected chi connectivity index (χ1v) is 19.1. The van der Waals surface area contributed by atoms with Gasteiger partial charge in [0.25, 0.3) is 0 Å². The summed E-state index contributed by atoms with van der Waals surface area (Å²) in [5, 5.41) is 127. The van der Waals surface area contributed by atoms with Crippen LogP contribution in [0.15, 0.2) is 69.9 Å². The van der Waals surface area contributed by atoms with Gasteiger partial charge in [-0.2, -0.15) is 0 Å². The van der Waals surface area contributed by atoms with Gasteiger partial charge in [0.05, 0.1) is 24.9 Å². The van der Waals surface area contributed by atoms with Gasteiger partial charge in [0.1, 0.15) is 77.4 Å². The van der Waals surface area contributed by atoms with Gasteiger partial charge in [-0.05, 0) is 37.3 Å². The molecule has 12 N–H and O–H groups in total. The summed E-state index contributed by atoms with van der Waals surface area (Å²) < 4.78 is 45.8. The Morgan fingerprint density at radius 3 is 2.00 bits per heavy atom. The van der Waals surface area contributed by atoms with E-state index < -0.39 is 156 Å². The van der Waals surface area contributed by atoms with E-state index in [1.54, 1.807) is 6.07 Å². The van der Waals surface area contributed by atoms with Gasteiger partial charge in [-0.1, -0.05) is 18.2 Å². The molecule has 0 radical (unpaired) electrons. The molecule has 3 aliphatic rings. The quantitative estimate of drug-likeness (QED) is 0.0554. The van der Waals surface area contributed by atoms with Crippen LogP contribution in [-0.2, 0) is 23.7 Å². The lowest BCUT2D eigenvalue weighted by molar-refractivity contribution is -0.357. The third kappa shape index (κ3) is 8.61. The Morgan fingerprint density at radius 1 is 0.645 bits per heavy atom. The van der Waals surface area contributed by atoms with Crippen LogP contribution in [0.2, 0.25) is 0 Å².